The van der Waals surface area contributed by atoms with Crippen molar-refractivity contribution in [3.05, 3.63) is 53.1 Å². The molecule has 1 aliphatic heterocycles. The van der Waals surface area contributed by atoms with Gasteiger partial charge in [-0.2, -0.15) is 0 Å². The van der Waals surface area contributed by atoms with Crippen LogP contribution < -0.4 is 15.5 Å². The van der Waals surface area contributed by atoms with Crippen molar-refractivity contribution in [2.24, 2.45) is 0 Å². The van der Waals surface area contributed by atoms with E-state index >= 15 is 0 Å². The Morgan fingerprint density at radius 1 is 1.17 bits per heavy atom. The summed E-state index contributed by atoms with van der Waals surface area (Å²) in [4.78, 5) is 7.14. The van der Waals surface area contributed by atoms with Crippen LogP contribution in [-0.2, 0) is 6.54 Å². The molecule has 3 aromatic rings. The van der Waals surface area contributed by atoms with Crippen molar-refractivity contribution >= 4 is 44.0 Å². The van der Waals surface area contributed by atoms with E-state index in [9.17, 15) is 0 Å². The average Bonchev–Trinajstić information content (AvgIpc) is 3.05. The standard InChI is InChI=1S/C18H19ClN4S/c19-15-4-2-1-3-13(15)12-21-14-5-6-16-17(11-14)24-18(22-16)23-9-7-20-8-10-23/h1-6,11,20-21H,7-10,12H2. The average molecular weight is 359 g/mol. The van der Waals surface area contributed by atoms with Crippen molar-refractivity contribution < 1.29 is 0 Å². The van der Waals surface area contributed by atoms with E-state index < -0.39 is 0 Å². The Morgan fingerprint density at radius 3 is 2.83 bits per heavy atom. The fourth-order valence-electron chi connectivity index (χ4n) is 2.85. The molecule has 0 spiro atoms. The highest BCUT2D eigenvalue weighted by molar-refractivity contribution is 7.22. The van der Waals surface area contributed by atoms with Crippen LogP contribution in [-0.4, -0.2) is 31.2 Å². The fourth-order valence-corrected chi connectivity index (χ4v) is 4.11. The summed E-state index contributed by atoms with van der Waals surface area (Å²) in [5, 5.41) is 8.75. The first-order chi connectivity index (χ1) is 11.8. The molecule has 0 bridgehead atoms. The highest BCUT2D eigenvalue weighted by Gasteiger charge is 2.14. The minimum atomic E-state index is 0.717. The summed E-state index contributed by atoms with van der Waals surface area (Å²) in [7, 11) is 0. The van der Waals surface area contributed by atoms with Gasteiger partial charge in [-0.25, -0.2) is 4.98 Å². The second-order valence-corrected chi connectivity index (χ2v) is 7.28. The van der Waals surface area contributed by atoms with E-state index in [0.717, 1.165) is 53.1 Å². The Labute approximate surface area is 150 Å². The zero-order chi connectivity index (χ0) is 16.4. The first kappa shape index (κ1) is 15.7. The van der Waals surface area contributed by atoms with E-state index in [-0.39, 0.29) is 0 Å². The maximum atomic E-state index is 6.22. The second-order valence-electron chi connectivity index (χ2n) is 5.86. The van der Waals surface area contributed by atoms with Gasteiger partial charge >= 0.3 is 0 Å². The van der Waals surface area contributed by atoms with Crippen LogP contribution in [0.15, 0.2) is 42.5 Å². The van der Waals surface area contributed by atoms with Crippen molar-refractivity contribution in [3.8, 4) is 0 Å². The molecule has 0 radical (unpaired) electrons. The molecular formula is C18H19ClN4S. The third-order valence-electron chi connectivity index (χ3n) is 4.21. The first-order valence-corrected chi connectivity index (χ1v) is 9.32. The number of rotatable bonds is 4. The second kappa shape index (κ2) is 6.97. The van der Waals surface area contributed by atoms with Crippen LogP contribution in [0.3, 0.4) is 0 Å². The van der Waals surface area contributed by atoms with Crippen LogP contribution in [0.5, 0.6) is 0 Å². The van der Waals surface area contributed by atoms with E-state index in [1.165, 1.54) is 4.70 Å². The van der Waals surface area contributed by atoms with Crippen molar-refractivity contribution in [2.45, 2.75) is 6.54 Å². The molecule has 24 heavy (non-hydrogen) atoms. The molecule has 1 aromatic heterocycles. The number of anilines is 2. The molecule has 0 unspecified atom stereocenters. The minimum Gasteiger partial charge on any atom is -0.381 e. The van der Waals surface area contributed by atoms with Gasteiger partial charge in [-0.1, -0.05) is 41.1 Å². The van der Waals surface area contributed by atoms with Gasteiger partial charge in [0.25, 0.3) is 0 Å². The lowest BCUT2D eigenvalue weighted by Gasteiger charge is -2.26. The molecule has 2 heterocycles. The van der Waals surface area contributed by atoms with E-state index in [4.69, 9.17) is 16.6 Å². The molecule has 0 aliphatic carbocycles. The summed E-state index contributed by atoms with van der Waals surface area (Å²) < 4.78 is 1.22. The van der Waals surface area contributed by atoms with Crippen molar-refractivity contribution in [1.82, 2.24) is 10.3 Å². The lowest BCUT2D eigenvalue weighted by Crippen LogP contribution is -2.43. The van der Waals surface area contributed by atoms with Crippen LogP contribution in [0.2, 0.25) is 5.02 Å². The molecule has 6 heteroatoms. The number of halogens is 1. The number of aromatic nitrogens is 1. The molecular weight excluding hydrogens is 340 g/mol. The van der Waals surface area contributed by atoms with Crippen LogP contribution >= 0.6 is 22.9 Å². The smallest absolute Gasteiger partial charge is 0.186 e. The number of benzene rings is 2. The Balaban J connectivity index is 1.51. The molecule has 1 fully saturated rings. The third-order valence-corrected chi connectivity index (χ3v) is 5.65. The highest BCUT2D eigenvalue weighted by Crippen LogP contribution is 2.31. The number of nitrogens with zero attached hydrogens (tertiary/aromatic N) is 2. The molecule has 1 saturated heterocycles. The fraction of sp³-hybridized carbons (Fsp3) is 0.278. The molecule has 0 saturated carbocycles. The minimum absolute atomic E-state index is 0.717. The van der Waals surface area contributed by atoms with Gasteiger partial charge in [0.05, 0.1) is 10.2 Å². The van der Waals surface area contributed by atoms with Crippen molar-refractivity contribution in [1.29, 1.82) is 0 Å². The first-order valence-electron chi connectivity index (χ1n) is 8.13. The van der Waals surface area contributed by atoms with Crippen molar-refractivity contribution in [3.63, 3.8) is 0 Å². The maximum Gasteiger partial charge on any atom is 0.186 e. The zero-order valence-electron chi connectivity index (χ0n) is 13.3. The van der Waals surface area contributed by atoms with E-state index in [1.807, 2.05) is 24.3 Å². The monoisotopic (exact) mass is 358 g/mol. The van der Waals surface area contributed by atoms with Crippen LogP contribution in [0, 0.1) is 0 Å². The molecule has 4 nitrogen and oxygen atoms in total. The SMILES string of the molecule is Clc1ccccc1CNc1ccc2nc(N3CCNCC3)sc2c1. The Bertz CT molecular complexity index is 842. The van der Waals surface area contributed by atoms with E-state index in [1.54, 1.807) is 11.3 Å². The number of hydrogen-bond acceptors (Lipinski definition) is 5. The van der Waals surface area contributed by atoms with E-state index in [2.05, 4.69) is 33.7 Å². The number of piperazine rings is 1. The van der Waals surface area contributed by atoms with Gasteiger partial charge in [0.1, 0.15) is 0 Å². The van der Waals surface area contributed by atoms with Crippen LogP contribution in [0.25, 0.3) is 10.2 Å². The Hall–Kier alpha value is -1.82. The topological polar surface area (TPSA) is 40.2 Å². The number of nitrogens with one attached hydrogen (secondary N) is 2. The van der Waals surface area contributed by atoms with Crippen LogP contribution in [0.4, 0.5) is 10.8 Å². The predicted molar refractivity (Wildman–Crippen MR) is 103 cm³/mol. The summed E-state index contributed by atoms with van der Waals surface area (Å²) >= 11 is 7.98. The molecule has 1 aliphatic rings. The lowest BCUT2D eigenvalue weighted by molar-refractivity contribution is 0.588. The van der Waals surface area contributed by atoms with Gasteiger partial charge in [-0.15, -0.1) is 0 Å². The van der Waals surface area contributed by atoms with Gasteiger partial charge in [-0.3, -0.25) is 0 Å². The summed E-state index contributed by atoms with van der Waals surface area (Å²) in [5.74, 6) is 0. The third kappa shape index (κ3) is 3.34. The molecule has 124 valence electrons. The molecule has 2 N–H and O–H groups in total. The zero-order valence-corrected chi connectivity index (χ0v) is 14.8. The van der Waals surface area contributed by atoms with E-state index in [0.29, 0.717) is 6.54 Å². The largest absolute Gasteiger partial charge is 0.381 e. The number of fused-ring (bicyclic) bond motifs is 1. The predicted octanol–water partition coefficient (Wildman–Crippen LogP) is 3.97. The van der Waals surface area contributed by atoms with Gasteiger partial charge in [0.2, 0.25) is 0 Å². The number of thiazole rings is 1. The normalized spacial score (nSPS) is 15.0. The number of hydrogen-bond donors (Lipinski definition) is 2. The molecule has 0 amide bonds. The summed E-state index contributed by atoms with van der Waals surface area (Å²) in [5.41, 5.74) is 3.26. The Kier molecular flexibility index (Phi) is 4.56. The maximum absolute atomic E-state index is 6.22. The Morgan fingerprint density at radius 2 is 2.00 bits per heavy atom. The van der Waals surface area contributed by atoms with Gasteiger partial charge in [-0.05, 0) is 29.8 Å². The summed E-state index contributed by atoms with van der Waals surface area (Å²) in [6.45, 7) is 4.82. The van der Waals surface area contributed by atoms with Crippen molar-refractivity contribution in [2.75, 3.05) is 36.4 Å². The quantitative estimate of drug-likeness (QED) is 0.740. The van der Waals surface area contributed by atoms with Gasteiger partial charge in [0.15, 0.2) is 5.13 Å². The van der Waals surface area contributed by atoms with Gasteiger partial charge < -0.3 is 15.5 Å². The molecule has 2 aromatic carbocycles. The summed E-state index contributed by atoms with van der Waals surface area (Å²) in [6.07, 6.45) is 0. The lowest BCUT2D eigenvalue weighted by atomic mass is 10.2. The molecule has 4 rings (SSSR count). The van der Waals surface area contributed by atoms with Gasteiger partial charge in [0, 0.05) is 43.4 Å². The van der Waals surface area contributed by atoms with Crippen LogP contribution in [0.1, 0.15) is 5.56 Å². The summed E-state index contributed by atoms with van der Waals surface area (Å²) in [6, 6.07) is 14.3. The molecule has 0 atom stereocenters. The highest BCUT2D eigenvalue weighted by atomic mass is 35.5.